The maximum atomic E-state index is 8.47. The zero-order chi connectivity index (χ0) is 9.97. The van der Waals surface area contributed by atoms with E-state index in [1.54, 1.807) is 12.3 Å². The molecule has 0 radical (unpaired) electrons. The van der Waals surface area contributed by atoms with Crippen LogP contribution < -0.4 is 4.74 Å². The first-order valence-corrected chi connectivity index (χ1v) is 4.44. The lowest BCUT2D eigenvalue weighted by atomic mass is 10.1. The lowest BCUT2D eigenvalue weighted by Gasteiger charge is -2.04. The van der Waals surface area contributed by atoms with Crippen LogP contribution in [0.15, 0.2) is 36.4 Å². The van der Waals surface area contributed by atoms with Crippen LogP contribution in [0.1, 0.15) is 0 Å². The van der Waals surface area contributed by atoms with E-state index in [1.807, 2.05) is 30.3 Å². The van der Waals surface area contributed by atoms with Gasteiger partial charge in [-0.15, -0.1) is 5.26 Å². The molecule has 0 aliphatic carbocycles. The van der Waals surface area contributed by atoms with Crippen molar-refractivity contribution in [2.75, 3.05) is 0 Å². The van der Waals surface area contributed by atoms with Crippen molar-refractivity contribution in [3.63, 3.8) is 0 Å². The van der Waals surface area contributed by atoms with Gasteiger partial charge in [0.2, 0.25) is 0 Å². The second kappa shape index (κ2) is 3.57. The van der Waals surface area contributed by atoms with Gasteiger partial charge < -0.3 is 4.74 Å². The Labute approximate surface area is 86.3 Å². The third-order valence-electron chi connectivity index (χ3n) is 1.98. The number of benzene rings is 2. The number of nitriles is 1. The van der Waals surface area contributed by atoms with Crippen LogP contribution in [0.4, 0.5) is 0 Å². The molecule has 0 fully saturated rings. The van der Waals surface area contributed by atoms with E-state index in [1.165, 1.54) is 0 Å². The topological polar surface area (TPSA) is 33.0 Å². The van der Waals surface area contributed by atoms with Gasteiger partial charge in [0.15, 0.2) is 5.75 Å². The number of fused-ring (bicyclic) bond motifs is 1. The van der Waals surface area contributed by atoms with Crippen molar-refractivity contribution >= 4 is 22.4 Å². The zero-order valence-electron chi connectivity index (χ0n) is 7.20. The molecule has 0 amide bonds. The van der Waals surface area contributed by atoms with Gasteiger partial charge in [-0.3, -0.25) is 0 Å². The van der Waals surface area contributed by atoms with Crippen molar-refractivity contribution < 1.29 is 4.74 Å². The molecule has 0 aliphatic rings. The summed E-state index contributed by atoms with van der Waals surface area (Å²) in [6.45, 7) is 0. The highest BCUT2D eigenvalue weighted by molar-refractivity contribution is 6.33. The quantitative estimate of drug-likeness (QED) is 0.666. The molecule has 2 aromatic carbocycles. The van der Waals surface area contributed by atoms with Crippen LogP contribution in [0.25, 0.3) is 10.8 Å². The van der Waals surface area contributed by atoms with E-state index in [0.29, 0.717) is 10.8 Å². The van der Waals surface area contributed by atoms with Gasteiger partial charge in [0.05, 0.1) is 5.02 Å². The van der Waals surface area contributed by atoms with Crippen LogP contribution in [-0.2, 0) is 0 Å². The molecule has 2 nitrogen and oxygen atoms in total. The molecular weight excluding hydrogens is 198 g/mol. The van der Waals surface area contributed by atoms with E-state index in [-0.39, 0.29) is 0 Å². The minimum absolute atomic E-state index is 0.423. The van der Waals surface area contributed by atoms with Gasteiger partial charge in [0.25, 0.3) is 6.26 Å². The number of hydrogen-bond donors (Lipinski definition) is 0. The van der Waals surface area contributed by atoms with Gasteiger partial charge in [-0.05, 0) is 11.5 Å². The monoisotopic (exact) mass is 203 g/mol. The summed E-state index contributed by atoms with van der Waals surface area (Å²) in [7, 11) is 0. The summed E-state index contributed by atoms with van der Waals surface area (Å²) in [5, 5.41) is 10.8. The predicted octanol–water partition coefficient (Wildman–Crippen LogP) is 3.35. The van der Waals surface area contributed by atoms with Gasteiger partial charge in [-0.1, -0.05) is 41.9 Å². The smallest absolute Gasteiger partial charge is 0.292 e. The Morgan fingerprint density at radius 3 is 2.71 bits per heavy atom. The minimum Gasteiger partial charge on any atom is -0.386 e. The first-order chi connectivity index (χ1) is 6.83. The summed E-state index contributed by atoms with van der Waals surface area (Å²) in [5.41, 5.74) is 0. The molecule has 3 heteroatoms. The Kier molecular flexibility index (Phi) is 2.26. The molecule has 0 saturated carbocycles. The number of halogens is 1. The molecular formula is C11H6ClNO. The van der Waals surface area contributed by atoms with Crippen LogP contribution in [0, 0.1) is 11.5 Å². The highest BCUT2D eigenvalue weighted by Gasteiger charge is 2.06. The Bertz CT molecular complexity index is 516. The standard InChI is InChI=1S/C11H6ClNO/c12-10-6-5-8-3-1-2-4-9(8)11(10)14-7-13/h1-6H. The summed E-state index contributed by atoms with van der Waals surface area (Å²) in [4.78, 5) is 0. The van der Waals surface area contributed by atoms with E-state index in [4.69, 9.17) is 21.6 Å². The Morgan fingerprint density at radius 1 is 1.14 bits per heavy atom. The van der Waals surface area contributed by atoms with Crippen molar-refractivity contribution in [3.05, 3.63) is 41.4 Å². The molecule has 0 aliphatic heterocycles. The van der Waals surface area contributed by atoms with E-state index in [9.17, 15) is 0 Å². The summed E-state index contributed by atoms with van der Waals surface area (Å²) in [6.07, 6.45) is 1.63. The largest absolute Gasteiger partial charge is 0.386 e. The summed E-state index contributed by atoms with van der Waals surface area (Å²) < 4.78 is 4.82. The van der Waals surface area contributed by atoms with Crippen molar-refractivity contribution in [2.45, 2.75) is 0 Å². The molecule has 2 aromatic rings. The maximum Gasteiger partial charge on any atom is 0.292 e. The molecule has 14 heavy (non-hydrogen) atoms. The molecule has 0 bridgehead atoms. The van der Waals surface area contributed by atoms with Crippen molar-refractivity contribution in [3.8, 4) is 12.0 Å². The predicted molar refractivity (Wildman–Crippen MR) is 55.2 cm³/mol. The average molecular weight is 204 g/mol. The maximum absolute atomic E-state index is 8.47. The Balaban J connectivity index is 2.77. The second-order valence-electron chi connectivity index (χ2n) is 2.79. The van der Waals surface area contributed by atoms with Crippen molar-refractivity contribution in [1.29, 1.82) is 5.26 Å². The summed E-state index contributed by atoms with van der Waals surface area (Å²) in [6, 6.07) is 11.2. The molecule has 0 aromatic heterocycles. The molecule has 0 atom stereocenters. The second-order valence-corrected chi connectivity index (χ2v) is 3.20. The van der Waals surface area contributed by atoms with Gasteiger partial charge in [0.1, 0.15) is 0 Å². The van der Waals surface area contributed by atoms with Crippen LogP contribution in [-0.4, -0.2) is 0 Å². The number of rotatable bonds is 1. The van der Waals surface area contributed by atoms with E-state index in [2.05, 4.69) is 0 Å². The fourth-order valence-electron chi connectivity index (χ4n) is 1.37. The Morgan fingerprint density at radius 2 is 1.93 bits per heavy atom. The highest BCUT2D eigenvalue weighted by Crippen LogP contribution is 2.32. The van der Waals surface area contributed by atoms with Crippen LogP contribution in [0.2, 0.25) is 5.02 Å². The lowest BCUT2D eigenvalue weighted by molar-refractivity contribution is 0.513. The van der Waals surface area contributed by atoms with Crippen LogP contribution in [0.3, 0.4) is 0 Å². The normalized spacial score (nSPS) is 9.71. The SMILES string of the molecule is N#COc1c(Cl)ccc2ccccc12. The summed E-state index contributed by atoms with van der Waals surface area (Å²) >= 11 is 5.91. The minimum atomic E-state index is 0.423. The average Bonchev–Trinajstić information content (AvgIpc) is 2.23. The van der Waals surface area contributed by atoms with Gasteiger partial charge in [0, 0.05) is 5.39 Å². The lowest BCUT2D eigenvalue weighted by Crippen LogP contribution is -1.85. The third-order valence-corrected chi connectivity index (χ3v) is 2.28. The van der Waals surface area contributed by atoms with Gasteiger partial charge >= 0.3 is 0 Å². The molecule has 0 heterocycles. The first kappa shape index (κ1) is 8.86. The van der Waals surface area contributed by atoms with Gasteiger partial charge in [-0.2, -0.15) is 0 Å². The van der Waals surface area contributed by atoms with Crippen molar-refractivity contribution in [2.24, 2.45) is 0 Å². The van der Waals surface area contributed by atoms with Crippen LogP contribution in [0.5, 0.6) is 5.75 Å². The molecule has 2 rings (SSSR count). The summed E-state index contributed by atoms with van der Waals surface area (Å²) in [5.74, 6) is 0.423. The fraction of sp³-hybridized carbons (Fsp3) is 0. The molecule has 0 spiro atoms. The number of hydrogen-bond acceptors (Lipinski definition) is 2. The van der Waals surface area contributed by atoms with Crippen LogP contribution >= 0.6 is 11.6 Å². The number of nitrogens with zero attached hydrogens (tertiary/aromatic N) is 1. The molecule has 68 valence electrons. The highest BCUT2D eigenvalue weighted by atomic mass is 35.5. The first-order valence-electron chi connectivity index (χ1n) is 4.06. The van der Waals surface area contributed by atoms with E-state index >= 15 is 0 Å². The molecule has 0 N–H and O–H groups in total. The number of ether oxygens (including phenoxy) is 1. The zero-order valence-corrected chi connectivity index (χ0v) is 7.95. The fourth-order valence-corrected chi connectivity index (χ4v) is 1.57. The van der Waals surface area contributed by atoms with Crippen molar-refractivity contribution in [1.82, 2.24) is 0 Å². The molecule has 0 unspecified atom stereocenters. The third kappa shape index (κ3) is 1.39. The van der Waals surface area contributed by atoms with Gasteiger partial charge in [-0.25, -0.2) is 0 Å². The van der Waals surface area contributed by atoms with E-state index < -0.39 is 0 Å². The Hall–Kier alpha value is -1.72. The van der Waals surface area contributed by atoms with E-state index in [0.717, 1.165) is 10.8 Å². The molecule has 0 saturated heterocycles.